The fraction of sp³-hybridized carbons (Fsp3) is 0.133. The predicted octanol–water partition coefficient (Wildman–Crippen LogP) is 3.87. The molecule has 2 nitrogen and oxygen atoms in total. The van der Waals surface area contributed by atoms with Gasteiger partial charge in [-0.15, -0.1) is 0 Å². The molecule has 2 aromatic rings. The molecular weight excluding hydrogens is 292 g/mol. The van der Waals surface area contributed by atoms with Gasteiger partial charge < -0.3 is 4.74 Å². The number of hydrogen-bond acceptors (Lipinski definition) is 2. The first-order valence-electron chi connectivity index (χ1n) is 5.67. The maximum atomic E-state index is 11.8. The van der Waals surface area contributed by atoms with E-state index in [0.29, 0.717) is 6.61 Å². The lowest BCUT2D eigenvalue weighted by atomic mass is 10.1. The third-order valence-electron chi connectivity index (χ3n) is 2.52. The van der Waals surface area contributed by atoms with Crippen molar-refractivity contribution in [2.24, 2.45) is 0 Å². The quantitative estimate of drug-likeness (QED) is 0.633. The molecule has 0 amide bonds. The zero-order valence-corrected chi connectivity index (χ0v) is 11.3. The number of benzene rings is 2. The summed E-state index contributed by atoms with van der Waals surface area (Å²) in [6.07, 6.45) is 0. The first-order valence-corrected chi connectivity index (χ1v) is 6.58. The second-order valence-electron chi connectivity index (χ2n) is 3.87. The first kappa shape index (κ1) is 12.8. The van der Waals surface area contributed by atoms with E-state index in [0.717, 1.165) is 11.1 Å². The van der Waals surface area contributed by atoms with E-state index < -0.39 is 4.83 Å². The number of ether oxygens (including phenoxy) is 1. The topological polar surface area (TPSA) is 26.3 Å². The Kier molecular flexibility index (Phi) is 4.53. The van der Waals surface area contributed by atoms with Crippen molar-refractivity contribution in [2.75, 3.05) is 0 Å². The normalized spacial score (nSPS) is 11.8. The first-order chi connectivity index (χ1) is 8.77. The molecule has 18 heavy (non-hydrogen) atoms. The van der Waals surface area contributed by atoms with Gasteiger partial charge in [0.1, 0.15) is 11.4 Å². The maximum Gasteiger partial charge on any atom is 0.324 e. The van der Waals surface area contributed by atoms with Gasteiger partial charge in [0.25, 0.3) is 0 Å². The van der Waals surface area contributed by atoms with Crippen molar-refractivity contribution in [2.45, 2.75) is 11.4 Å². The van der Waals surface area contributed by atoms with E-state index in [4.69, 9.17) is 4.74 Å². The molecule has 0 saturated carbocycles. The molecule has 92 valence electrons. The highest BCUT2D eigenvalue weighted by atomic mass is 79.9. The minimum absolute atomic E-state index is 0.273. The Morgan fingerprint density at radius 3 is 2.17 bits per heavy atom. The van der Waals surface area contributed by atoms with Crippen LogP contribution in [-0.4, -0.2) is 5.97 Å². The van der Waals surface area contributed by atoms with Crippen LogP contribution in [-0.2, 0) is 16.1 Å². The fourth-order valence-electron chi connectivity index (χ4n) is 1.56. The van der Waals surface area contributed by atoms with E-state index >= 15 is 0 Å². The average Bonchev–Trinajstić information content (AvgIpc) is 2.46. The molecule has 0 fully saturated rings. The average molecular weight is 305 g/mol. The molecule has 0 aliphatic heterocycles. The van der Waals surface area contributed by atoms with Gasteiger partial charge >= 0.3 is 5.97 Å². The zero-order chi connectivity index (χ0) is 12.8. The van der Waals surface area contributed by atoms with Crippen LogP contribution in [0.1, 0.15) is 16.0 Å². The summed E-state index contributed by atoms with van der Waals surface area (Å²) in [7, 11) is 0. The van der Waals surface area contributed by atoms with Gasteiger partial charge in [-0.05, 0) is 11.1 Å². The Labute approximate surface area is 115 Å². The molecule has 0 aliphatic rings. The van der Waals surface area contributed by atoms with Crippen LogP contribution in [0.2, 0.25) is 0 Å². The van der Waals surface area contributed by atoms with Crippen molar-refractivity contribution < 1.29 is 9.53 Å². The van der Waals surface area contributed by atoms with Crippen LogP contribution >= 0.6 is 15.9 Å². The van der Waals surface area contributed by atoms with Crippen molar-refractivity contribution >= 4 is 21.9 Å². The van der Waals surface area contributed by atoms with Crippen molar-refractivity contribution in [3.8, 4) is 0 Å². The van der Waals surface area contributed by atoms with Crippen molar-refractivity contribution in [3.05, 3.63) is 71.8 Å². The summed E-state index contributed by atoms with van der Waals surface area (Å²) in [6, 6.07) is 19.1. The highest BCUT2D eigenvalue weighted by molar-refractivity contribution is 9.09. The molecule has 0 aliphatic carbocycles. The molecule has 0 saturated heterocycles. The molecular formula is C15H13BrO2. The van der Waals surface area contributed by atoms with Gasteiger partial charge in [0.2, 0.25) is 0 Å². The Bertz CT molecular complexity index is 496. The lowest BCUT2D eigenvalue weighted by Gasteiger charge is -2.10. The molecule has 2 aromatic carbocycles. The molecule has 3 heteroatoms. The van der Waals surface area contributed by atoms with Crippen molar-refractivity contribution in [1.82, 2.24) is 0 Å². The Morgan fingerprint density at radius 1 is 1.00 bits per heavy atom. The van der Waals surface area contributed by atoms with E-state index in [2.05, 4.69) is 15.9 Å². The number of halogens is 1. The maximum absolute atomic E-state index is 11.8. The smallest absolute Gasteiger partial charge is 0.324 e. The minimum atomic E-state index is -0.414. The van der Waals surface area contributed by atoms with Crippen LogP contribution in [0.5, 0.6) is 0 Å². The van der Waals surface area contributed by atoms with Crippen molar-refractivity contribution in [3.63, 3.8) is 0 Å². The summed E-state index contributed by atoms with van der Waals surface area (Å²) in [6.45, 7) is 0.300. The summed E-state index contributed by atoms with van der Waals surface area (Å²) in [5.41, 5.74) is 1.88. The van der Waals surface area contributed by atoms with Crippen LogP contribution in [0.3, 0.4) is 0 Å². The summed E-state index contributed by atoms with van der Waals surface area (Å²) in [4.78, 5) is 11.4. The van der Waals surface area contributed by atoms with Gasteiger partial charge in [-0.2, -0.15) is 0 Å². The number of carbonyl (C=O) groups is 1. The van der Waals surface area contributed by atoms with E-state index in [1.54, 1.807) is 0 Å². The van der Waals surface area contributed by atoms with E-state index in [1.165, 1.54) is 0 Å². The summed E-state index contributed by atoms with van der Waals surface area (Å²) in [5, 5.41) is 0. The third-order valence-corrected chi connectivity index (χ3v) is 3.43. The standard InChI is InChI=1S/C15H13BrO2/c16-14(13-9-5-2-6-10-13)15(17)18-11-12-7-3-1-4-8-12/h1-10,14H,11H2/t14-/m0/s1. The number of carbonyl (C=O) groups excluding carboxylic acids is 1. The molecule has 2 rings (SSSR count). The lowest BCUT2D eigenvalue weighted by molar-refractivity contribution is -0.144. The monoisotopic (exact) mass is 304 g/mol. The van der Waals surface area contributed by atoms with E-state index in [1.807, 2.05) is 60.7 Å². The van der Waals surface area contributed by atoms with Gasteiger partial charge in [-0.25, -0.2) is 0 Å². The summed E-state index contributed by atoms with van der Waals surface area (Å²) < 4.78 is 5.26. The van der Waals surface area contributed by atoms with Crippen LogP contribution in [0.4, 0.5) is 0 Å². The summed E-state index contributed by atoms with van der Waals surface area (Å²) in [5.74, 6) is -0.273. The number of rotatable bonds is 4. The molecule has 1 atom stereocenters. The minimum Gasteiger partial charge on any atom is -0.460 e. The Morgan fingerprint density at radius 2 is 1.56 bits per heavy atom. The van der Waals surface area contributed by atoms with Crippen LogP contribution in [0.15, 0.2) is 60.7 Å². The van der Waals surface area contributed by atoms with Crippen LogP contribution in [0.25, 0.3) is 0 Å². The second kappa shape index (κ2) is 6.36. The zero-order valence-electron chi connectivity index (χ0n) is 9.75. The molecule has 0 aromatic heterocycles. The van der Waals surface area contributed by atoms with Crippen molar-refractivity contribution in [1.29, 1.82) is 0 Å². The molecule has 0 heterocycles. The van der Waals surface area contributed by atoms with Gasteiger partial charge in [0.15, 0.2) is 0 Å². The molecule has 0 unspecified atom stereocenters. The van der Waals surface area contributed by atoms with E-state index in [-0.39, 0.29) is 5.97 Å². The van der Waals surface area contributed by atoms with Gasteiger partial charge in [-0.1, -0.05) is 76.6 Å². The van der Waals surface area contributed by atoms with E-state index in [9.17, 15) is 4.79 Å². The van der Waals surface area contributed by atoms with Crippen LogP contribution in [0, 0.1) is 0 Å². The highest BCUT2D eigenvalue weighted by Crippen LogP contribution is 2.24. The Hall–Kier alpha value is -1.61. The van der Waals surface area contributed by atoms with Crippen LogP contribution < -0.4 is 0 Å². The number of alkyl halides is 1. The predicted molar refractivity (Wildman–Crippen MR) is 74.3 cm³/mol. The number of hydrogen-bond donors (Lipinski definition) is 0. The third kappa shape index (κ3) is 3.44. The fourth-order valence-corrected chi connectivity index (χ4v) is 2.00. The largest absolute Gasteiger partial charge is 0.460 e. The van der Waals surface area contributed by atoms with Gasteiger partial charge in [0, 0.05) is 0 Å². The highest BCUT2D eigenvalue weighted by Gasteiger charge is 2.18. The molecule has 0 radical (unpaired) electrons. The summed E-state index contributed by atoms with van der Waals surface area (Å²) >= 11 is 3.35. The molecule has 0 N–H and O–H groups in total. The number of esters is 1. The Balaban J connectivity index is 1.93. The van der Waals surface area contributed by atoms with Gasteiger partial charge in [-0.3, -0.25) is 4.79 Å². The molecule has 0 spiro atoms. The lowest BCUT2D eigenvalue weighted by Crippen LogP contribution is -2.10. The van der Waals surface area contributed by atoms with Gasteiger partial charge in [0.05, 0.1) is 0 Å². The molecule has 0 bridgehead atoms. The SMILES string of the molecule is O=C(OCc1ccccc1)[C@@H](Br)c1ccccc1. The second-order valence-corrected chi connectivity index (χ2v) is 4.78.